The van der Waals surface area contributed by atoms with Gasteiger partial charge in [0, 0.05) is 18.5 Å². The number of hydrogen-bond acceptors (Lipinski definition) is 4. The van der Waals surface area contributed by atoms with E-state index in [9.17, 15) is 14.4 Å². The maximum absolute atomic E-state index is 13.3. The molecular formula is C20H26N3O3S+. The van der Waals surface area contributed by atoms with Crippen molar-refractivity contribution in [1.82, 2.24) is 4.90 Å². The SMILES string of the molecule is CCCCN1C(=O)[C@H]2[C@@H](C1=O)[C@]1([NH2+][C@@H]2CCSC)C(=O)Nc2ccccc21. The molecule has 27 heavy (non-hydrogen) atoms. The van der Waals surface area contributed by atoms with Crippen LogP contribution in [0.2, 0.25) is 0 Å². The van der Waals surface area contributed by atoms with Gasteiger partial charge in [-0.3, -0.25) is 19.3 Å². The smallest absolute Gasteiger partial charge is 0.291 e. The fourth-order valence-electron chi connectivity index (χ4n) is 5.03. The molecule has 2 saturated heterocycles. The van der Waals surface area contributed by atoms with Crippen LogP contribution in [0.15, 0.2) is 24.3 Å². The molecule has 3 amide bonds. The maximum atomic E-state index is 13.3. The summed E-state index contributed by atoms with van der Waals surface area (Å²) in [5.74, 6) is -0.553. The minimum Gasteiger partial charge on any atom is -0.326 e. The average Bonchev–Trinajstić information content (AvgIpc) is 3.24. The number of nitrogens with two attached hydrogens (primary N) is 1. The highest BCUT2D eigenvalue weighted by Crippen LogP contribution is 2.49. The molecule has 1 spiro atoms. The molecule has 0 radical (unpaired) electrons. The summed E-state index contributed by atoms with van der Waals surface area (Å²) in [7, 11) is 0. The predicted octanol–water partition coefficient (Wildman–Crippen LogP) is 0.934. The molecule has 2 fully saturated rings. The summed E-state index contributed by atoms with van der Waals surface area (Å²) in [4.78, 5) is 41.1. The van der Waals surface area contributed by atoms with Gasteiger partial charge in [0.05, 0.1) is 5.69 Å². The van der Waals surface area contributed by atoms with Crippen LogP contribution in [0, 0.1) is 11.8 Å². The highest BCUT2D eigenvalue weighted by atomic mass is 32.2. The number of unbranched alkanes of at least 4 members (excludes halogenated alkanes) is 1. The zero-order valence-corrected chi connectivity index (χ0v) is 16.6. The van der Waals surface area contributed by atoms with Crippen LogP contribution < -0.4 is 10.6 Å². The molecule has 0 saturated carbocycles. The van der Waals surface area contributed by atoms with Gasteiger partial charge in [0.2, 0.25) is 17.4 Å². The van der Waals surface area contributed by atoms with Gasteiger partial charge >= 0.3 is 0 Å². The summed E-state index contributed by atoms with van der Waals surface area (Å²) in [6, 6.07) is 7.52. The van der Waals surface area contributed by atoms with Crippen LogP contribution in [0.1, 0.15) is 31.7 Å². The summed E-state index contributed by atoms with van der Waals surface area (Å²) >= 11 is 1.73. The third kappa shape index (κ3) is 2.55. The Balaban J connectivity index is 1.79. The van der Waals surface area contributed by atoms with Gasteiger partial charge in [-0.1, -0.05) is 31.5 Å². The summed E-state index contributed by atoms with van der Waals surface area (Å²) in [6.07, 6.45) is 4.56. The average molecular weight is 389 g/mol. The molecular weight excluding hydrogens is 362 g/mol. The summed E-state index contributed by atoms with van der Waals surface area (Å²) in [6.45, 7) is 2.50. The minimum absolute atomic E-state index is 0.0533. The van der Waals surface area contributed by atoms with E-state index in [4.69, 9.17) is 0 Å². The number of benzene rings is 1. The molecule has 1 aromatic carbocycles. The number of thioether (sulfide) groups is 1. The van der Waals surface area contributed by atoms with Crippen LogP contribution in [-0.2, 0) is 19.9 Å². The van der Waals surface area contributed by atoms with Crippen molar-refractivity contribution < 1.29 is 19.7 Å². The molecule has 0 bridgehead atoms. The largest absolute Gasteiger partial charge is 0.326 e. The third-order valence-electron chi connectivity index (χ3n) is 6.26. The molecule has 3 aliphatic heterocycles. The first-order valence-corrected chi connectivity index (χ1v) is 11.1. The maximum Gasteiger partial charge on any atom is 0.291 e. The second kappa shape index (κ2) is 6.95. The second-order valence-electron chi connectivity index (χ2n) is 7.67. The van der Waals surface area contributed by atoms with Crippen molar-refractivity contribution in [1.29, 1.82) is 0 Å². The van der Waals surface area contributed by atoms with Gasteiger partial charge in [-0.15, -0.1) is 0 Å². The van der Waals surface area contributed by atoms with Crippen LogP contribution >= 0.6 is 11.8 Å². The van der Waals surface area contributed by atoms with Gasteiger partial charge in [0.25, 0.3) is 5.91 Å². The molecule has 7 heteroatoms. The molecule has 4 rings (SSSR count). The first-order chi connectivity index (χ1) is 13.1. The van der Waals surface area contributed by atoms with Gasteiger partial charge in [-0.25, -0.2) is 0 Å². The van der Waals surface area contributed by atoms with Crippen molar-refractivity contribution >= 4 is 35.2 Å². The van der Waals surface area contributed by atoms with Crippen molar-refractivity contribution in [3.63, 3.8) is 0 Å². The molecule has 0 aromatic heterocycles. The Morgan fingerprint density at radius 1 is 1.22 bits per heavy atom. The highest BCUT2D eigenvalue weighted by molar-refractivity contribution is 7.98. The van der Waals surface area contributed by atoms with E-state index in [1.807, 2.05) is 42.8 Å². The number of likely N-dealkylation sites (tertiary alicyclic amines) is 1. The number of para-hydroxylation sites is 1. The number of quaternary nitrogens is 1. The van der Waals surface area contributed by atoms with Crippen molar-refractivity contribution in [2.24, 2.45) is 11.8 Å². The van der Waals surface area contributed by atoms with Crippen LogP contribution in [0.4, 0.5) is 5.69 Å². The number of rotatable bonds is 6. The van der Waals surface area contributed by atoms with E-state index < -0.39 is 17.4 Å². The van der Waals surface area contributed by atoms with Crippen LogP contribution in [-0.4, -0.2) is 47.2 Å². The number of amides is 3. The Kier molecular flexibility index (Phi) is 4.76. The zero-order valence-electron chi connectivity index (χ0n) is 15.7. The Bertz CT molecular complexity index is 798. The van der Waals surface area contributed by atoms with E-state index in [0.717, 1.165) is 36.3 Å². The minimum atomic E-state index is -1.02. The van der Waals surface area contributed by atoms with E-state index in [1.54, 1.807) is 11.8 Å². The fraction of sp³-hybridized carbons (Fsp3) is 0.550. The lowest BCUT2D eigenvalue weighted by Gasteiger charge is -2.26. The molecule has 0 aliphatic carbocycles. The molecule has 144 valence electrons. The summed E-state index contributed by atoms with van der Waals surface area (Å²) in [5, 5.41) is 4.98. The Morgan fingerprint density at radius 2 is 2.00 bits per heavy atom. The van der Waals surface area contributed by atoms with E-state index in [2.05, 4.69) is 5.32 Å². The first kappa shape index (κ1) is 18.5. The Labute approximate surface area is 163 Å². The number of fused-ring (bicyclic) bond motifs is 4. The molecule has 3 heterocycles. The van der Waals surface area contributed by atoms with Crippen LogP contribution in [0.3, 0.4) is 0 Å². The lowest BCUT2D eigenvalue weighted by Crippen LogP contribution is -2.99. The lowest BCUT2D eigenvalue weighted by molar-refractivity contribution is -0.733. The second-order valence-corrected chi connectivity index (χ2v) is 8.65. The number of carbonyl (C=O) groups is 3. The van der Waals surface area contributed by atoms with E-state index >= 15 is 0 Å². The van der Waals surface area contributed by atoms with Crippen LogP contribution in [0.5, 0.6) is 0 Å². The molecule has 4 atom stereocenters. The summed E-state index contributed by atoms with van der Waals surface area (Å²) < 4.78 is 0. The van der Waals surface area contributed by atoms with Crippen molar-refractivity contribution in [3.05, 3.63) is 29.8 Å². The Morgan fingerprint density at radius 3 is 2.74 bits per heavy atom. The number of anilines is 1. The van der Waals surface area contributed by atoms with Gasteiger partial charge in [-0.2, -0.15) is 11.8 Å². The van der Waals surface area contributed by atoms with Gasteiger partial charge < -0.3 is 10.6 Å². The third-order valence-corrected chi connectivity index (χ3v) is 6.90. The van der Waals surface area contributed by atoms with Crippen molar-refractivity contribution in [2.45, 2.75) is 37.8 Å². The number of nitrogens with one attached hydrogen (secondary N) is 1. The van der Waals surface area contributed by atoms with Gasteiger partial charge in [-0.05, 0) is 24.5 Å². The normalized spacial score (nSPS) is 31.6. The number of imide groups is 1. The van der Waals surface area contributed by atoms with E-state index in [1.165, 1.54) is 4.90 Å². The van der Waals surface area contributed by atoms with Gasteiger partial charge in [0.1, 0.15) is 17.9 Å². The molecule has 3 N–H and O–H groups in total. The zero-order chi connectivity index (χ0) is 19.2. The molecule has 3 aliphatic rings. The summed E-state index contributed by atoms with van der Waals surface area (Å²) in [5.41, 5.74) is 0.586. The highest BCUT2D eigenvalue weighted by Gasteiger charge is 2.73. The van der Waals surface area contributed by atoms with E-state index in [-0.39, 0.29) is 23.8 Å². The number of hydrogen-bond donors (Lipinski definition) is 2. The van der Waals surface area contributed by atoms with E-state index in [0.29, 0.717) is 6.54 Å². The fourth-order valence-corrected chi connectivity index (χ4v) is 5.54. The quantitative estimate of drug-likeness (QED) is 0.711. The molecule has 6 nitrogen and oxygen atoms in total. The molecule has 1 aromatic rings. The lowest BCUT2D eigenvalue weighted by atomic mass is 9.76. The number of nitrogens with zero attached hydrogens (tertiary/aromatic N) is 1. The predicted molar refractivity (Wildman–Crippen MR) is 104 cm³/mol. The topological polar surface area (TPSA) is 83.1 Å². The standard InChI is InChI=1S/C20H25N3O3S/c1-3-4-10-23-17(24)15-14(9-11-27-2)22-20(16(15)18(23)25)12-7-5-6-8-13(12)21-19(20)26/h5-8,14-16,22H,3-4,9-11H2,1-2H3,(H,21,26)/p+1/t14-,15-,16+,20+/m1/s1. The van der Waals surface area contributed by atoms with Crippen LogP contribution in [0.25, 0.3) is 0 Å². The van der Waals surface area contributed by atoms with Gasteiger partial charge in [0.15, 0.2) is 0 Å². The number of carbonyl (C=O) groups excluding carboxylic acids is 3. The van der Waals surface area contributed by atoms with Crippen molar-refractivity contribution in [2.75, 3.05) is 23.9 Å². The monoisotopic (exact) mass is 388 g/mol. The van der Waals surface area contributed by atoms with Crippen molar-refractivity contribution in [3.8, 4) is 0 Å². The first-order valence-electron chi connectivity index (χ1n) is 9.67. The Hall–Kier alpha value is -1.86. The molecule has 0 unspecified atom stereocenters.